The molecule has 0 fully saturated rings. The Kier molecular flexibility index (Phi) is 51.6. The van der Waals surface area contributed by atoms with E-state index >= 15 is 0 Å². The molecule has 0 saturated heterocycles. The maximum Gasteiger partial charge on any atom is 0.492 e. The van der Waals surface area contributed by atoms with Crippen LogP contribution in [0.1, 0.15) is 116 Å². The zero-order chi connectivity index (χ0) is 42.7. The first-order valence-corrected chi connectivity index (χ1v) is 25.3. The molecule has 0 atom stereocenters. The summed E-state index contributed by atoms with van der Waals surface area (Å²) in [5, 5.41) is 3.11. The molecule has 0 rings (SSSR count). The molecule has 16 heteroatoms. The number of unbranched alkanes of at least 4 members (excludes halogenated alkanes) is 15. The normalized spacial score (nSPS) is 12.0. The molecule has 0 bridgehead atoms. The summed E-state index contributed by atoms with van der Waals surface area (Å²) >= 11 is 0. The van der Waals surface area contributed by atoms with Gasteiger partial charge in [-0.25, -0.2) is 0 Å². The second-order valence-electron chi connectivity index (χ2n) is 14.7. The molecule has 0 amide bonds. The molecule has 0 aliphatic heterocycles. The molecule has 0 aliphatic rings. The summed E-state index contributed by atoms with van der Waals surface area (Å²) in [6.07, 6.45) is 22.6. The van der Waals surface area contributed by atoms with Crippen LogP contribution in [0.3, 0.4) is 0 Å². The van der Waals surface area contributed by atoms with E-state index in [-0.39, 0.29) is 6.04 Å². The molecule has 15 nitrogen and oxygen atoms in total. The first-order chi connectivity index (χ1) is 29.1. The number of rotatable bonds is 54. The molecular formula is C43H91NO14Si. The predicted octanol–water partition coefficient (Wildman–Crippen LogP) is 5.33. The molecule has 0 heterocycles. The summed E-state index contributed by atoms with van der Waals surface area (Å²) in [7, 11) is -3.91. The molecule has 0 spiro atoms. The van der Waals surface area contributed by atoms with Gasteiger partial charge in [-0.3, -0.25) is 0 Å². The summed E-state index contributed by atoms with van der Waals surface area (Å²) in [6, 6.07) is 0.0376. The highest BCUT2D eigenvalue weighted by Crippen LogP contribution is 2.13. The molecule has 59 heavy (non-hydrogen) atoms. The van der Waals surface area contributed by atoms with Gasteiger partial charge in [-0.2, -0.15) is 0 Å². The average Bonchev–Trinajstić information content (AvgIpc) is 3.22. The highest BCUT2D eigenvalue weighted by Gasteiger charge is 2.25. The predicted molar refractivity (Wildman–Crippen MR) is 233 cm³/mol. The van der Waals surface area contributed by atoms with Crippen LogP contribution < -0.4 is 5.32 Å². The summed E-state index contributed by atoms with van der Waals surface area (Å²) in [4.78, 5) is 26.8. The molecule has 0 unspecified atom stereocenters. The second kappa shape index (κ2) is 52.0. The van der Waals surface area contributed by atoms with Crippen LogP contribution in [0.2, 0.25) is 6.04 Å². The minimum atomic E-state index is -3.91. The van der Waals surface area contributed by atoms with E-state index in [1.165, 1.54) is 96.3 Å². The maximum atomic E-state index is 8.93. The molecule has 0 saturated carbocycles. The van der Waals surface area contributed by atoms with Crippen molar-refractivity contribution in [1.29, 1.82) is 0 Å². The molecule has 0 aromatic carbocycles. The van der Waals surface area contributed by atoms with Gasteiger partial charge >= 0.3 is 8.80 Å². The zero-order valence-electron chi connectivity index (χ0n) is 37.5. The van der Waals surface area contributed by atoms with Gasteiger partial charge in [-0.1, -0.05) is 103 Å². The van der Waals surface area contributed by atoms with Crippen molar-refractivity contribution in [3.8, 4) is 0 Å². The lowest BCUT2D eigenvalue weighted by atomic mass is 10.0. The molecular weight excluding hydrogens is 783 g/mol. The summed E-state index contributed by atoms with van der Waals surface area (Å²) < 4.78 is 60.7. The van der Waals surface area contributed by atoms with Gasteiger partial charge < -0.3 is 71.8 Å². The van der Waals surface area contributed by atoms with Crippen LogP contribution in [-0.2, 0) is 52.1 Å². The lowest BCUT2D eigenvalue weighted by Crippen LogP contribution is -2.35. The molecule has 0 aromatic rings. The van der Waals surface area contributed by atoms with Crippen molar-refractivity contribution in [2.45, 2.75) is 122 Å². The Bertz CT molecular complexity index is 760. The minimum Gasteiger partial charge on any atom is -0.390 e. The Balaban J connectivity index is 3.07. The van der Waals surface area contributed by atoms with Gasteiger partial charge in [0.1, 0.15) is 0 Å². The number of ether oxygens (including phenoxy) is 11. The number of nitrogens with one attached hydrogen (secondary N) is 1. The van der Waals surface area contributed by atoms with Crippen LogP contribution in [-0.4, -0.2) is 182 Å². The summed E-state index contributed by atoms with van der Waals surface area (Å²) in [5.74, 6) is 0. The van der Waals surface area contributed by atoms with E-state index in [0.717, 1.165) is 13.0 Å². The van der Waals surface area contributed by atoms with Gasteiger partial charge in [0.15, 0.2) is 0 Å². The number of hydrogen-bond acceptors (Lipinski definition) is 15. The van der Waals surface area contributed by atoms with Crippen molar-refractivity contribution in [3.05, 3.63) is 0 Å². The Morgan fingerprint density at radius 1 is 0.271 bits per heavy atom. The monoisotopic (exact) mass is 874 g/mol. The van der Waals surface area contributed by atoms with Crippen molar-refractivity contribution >= 4 is 8.80 Å². The van der Waals surface area contributed by atoms with Crippen LogP contribution in [0.5, 0.6) is 0 Å². The van der Waals surface area contributed by atoms with E-state index in [9.17, 15) is 0 Å². The Morgan fingerprint density at radius 2 is 0.508 bits per heavy atom. The molecule has 0 aliphatic carbocycles. The molecule has 0 aromatic heterocycles. The first-order valence-electron chi connectivity index (χ1n) is 23.3. The van der Waals surface area contributed by atoms with E-state index < -0.39 is 8.80 Å². The van der Waals surface area contributed by atoms with Crippen molar-refractivity contribution in [1.82, 2.24) is 5.32 Å². The average molecular weight is 874 g/mol. The van der Waals surface area contributed by atoms with Crippen LogP contribution in [0.25, 0.3) is 0 Å². The maximum absolute atomic E-state index is 8.93. The smallest absolute Gasteiger partial charge is 0.390 e. The first kappa shape index (κ1) is 58.6. The van der Waals surface area contributed by atoms with Crippen molar-refractivity contribution < 1.29 is 66.5 Å². The van der Waals surface area contributed by atoms with Gasteiger partial charge in [0, 0.05) is 19.2 Å². The largest absolute Gasteiger partial charge is 0.492 e. The van der Waals surface area contributed by atoms with Crippen LogP contribution in [0, 0.1) is 0 Å². The Hall–Kier alpha value is -0.383. The standard InChI is InChI=1S/C43H91NO14Si/c1-2-3-4-5-6-7-8-9-10-11-12-13-14-15-16-17-21-48-23-25-50-27-29-52-31-33-54-35-37-56-39-41-58-42-40-57-38-36-55-34-32-53-30-28-51-26-24-49-22-20-44-19-18-43-59(45,46)47/h44-47H,2-43H2,1H3. The highest BCUT2D eigenvalue weighted by atomic mass is 28.4. The van der Waals surface area contributed by atoms with Crippen molar-refractivity contribution in [3.63, 3.8) is 0 Å². The van der Waals surface area contributed by atoms with Gasteiger partial charge in [-0.15, -0.1) is 0 Å². The van der Waals surface area contributed by atoms with Gasteiger partial charge in [0.25, 0.3) is 0 Å². The Morgan fingerprint density at radius 3 is 0.780 bits per heavy atom. The van der Waals surface area contributed by atoms with Crippen LogP contribution >= 0.6 is 0 Å². The minimum absolute atomic E-state index is 0.0376. The molecule has 356 valence electrons. The van der Waals surface area contributed by atoms with Crippen molar-refractivity contribution in [2.75, 3.05) is 158 Å². The molecule has 0 radical (unpaired) electrons. The van der Waals surface area contributed by atoms with E-state index in [0.29, 0.717) is 158 Å². The zero-order valence-corrected chi connectivity index (χ0v) is 38.5. The second-order valence-corrected chi connectivity index (χ2v) is 16.7. The third-order valence-electron chi connectivity index (χ3n) is 9.15. The third kappa shape index (κ3) is 57.6. The fourth-order valence-corrected chi connectivity index (χ4v) is 6.42. The van der Waals surface area contributed by atoms with E-state index in [1.807, 2.05) is 0 Å². The van der Waals surface area contributed by atoms with Crippen LogP contribution in [0.15, 0.2) is 0 Å². The quantitative estimate of drug-likeness (QED) is 0.0456. The van der Waals surface area contributed by atoms with Gasteiger partial charge in [0.2, 0.25) is 0 Å². The van der Waals surface area contributed by atoms with Crippen molar-refractivity contribution in [2.24, 2.45) is 0 Å². The number of hydrogen-bond donors (Lipinski definition) is 4. The topological polar surface area (TPSA) is 174 Å². The molecule has 4 N–H and O–H groups in total. The summed E-state index contributed by atoms with van der Waals surface area (Å²) in [6.45, 7) is 15.3. The fraction of sp³-hybridized carbons (Fsp3) is 1.00. The van der Waals surface area contributed by atoms with E-state index in [2.05, 4.69) is 12.2 Å². The third-order valence-corrected chi connectivity index (χ3v) is 10.2. The van der Waals surface area contributed by atoms with Crippen LogP contribution in [0.4, 0.5) is 0 Å². The lowest BCUT2D eigenvalue weighted by Gasteiger charge is -2.10. The van der Waals surface area contributed by atoms with E-state index in [1.54, 1.807) is 0 Å². The highest BCUT2D eigenvalue weighted by molar-refractivity contribution is 6.56. The van der Waals surface area contributed by atoms with E-state index in [4.69, 9.17) is 66.5 Å². The Labute approximate surface area is 360 Å². The van der Waals surface area contributed by atoms with Gasteiger partial charge in [0.05, 0.1) is 139 Å². The fourth-order valence-electron chi connectivity index (χ4n) is 5.77. The summed E-state index contributed by atoms with van der Waals surface area (Å²) in [5.41, 5.74) is 0. The lowest BCUT2D eigenvalue weighted by molar-refractivity contribution is -0.0275. The SMILES string of the molecule is CCCCCCCCCCCCCCCCCCOCCOCCOCCOCCOCCOCCOCCOCCOCCOCCOCCNCCC[Si](O)(O)O. The van der Waals surface area contributed by atoms with Gasteiger partial charge in [-0.05, 0) is 19.4 Å².